The molecule has 7 nitrogen and oxygen atoms in total. The van der Waals surface area contributed by atoms with Gasteiger partial charge in [0, 0.05) is 17.7 Å². The first-order chi connectivity index (χ1) is 10.7. The second kappa shape index (κ2) is 6.17. The minimum Gasteiger partial charge on any atom is -0.295 e. The minimum atomic E-state index is -3.90. The molecule has 8 heteroatoms. The van der Waals surface area contributed by atoms with Crippen LogP contribution in [0.25, 0.3) is 0 Å². The number of aryl methyl sites for hydroxylation is 1. The van der Waals surface area contributed by atoms with E-state index < -0.39 is 14.9 Å². The third-order valence-corrected chi connectivity index (χ3v) is 4.63. The van der Waals surface area contributed by atoms with E-state index in [2.05, 4.69) is 4.72 Å². The lowest BCUT2D eigenvalue weighted by atomic mass is 10.2. The van der Waals surface area contributed by atoms with Crippen LogP contribution in [0.15, 0.2) is 47.4 Å². The van der Waals surface area contributed by atoms with Crippen molar-refractivity contribution in [2.24, 2.45) is 0 Å². The Morgan fingerprint density at radius 2 is 1.74 bits per heavy atom. The van der Waals surface area contributed by atoms with E-state index in [1.54, 1.807) is 6.92 Å². The van der Waals surface area contributed by atoms with E-state index in [1.165, 1.54) is 43.3 Å². The Kier molecular flexibility index (Phi) is 4.46. The molecule has 0 aliphatic heterocycles. The third kappa shape index (κ3) is 3.72. The molecule has 0 spiro atoms. The number of carbonyl (C=O) groups is 1. The summed E-state index contributed by atoms with van der Waals surface area (Å²) in [7, 11) is -3.90. The average molecular weight is 334 g/mol. The zero-order chi connectivity index (χ0) is 17.2. The van der Waals surface area contributed by atoms with Gasteiger partial charge in [0.2, 0.25) is 0 Å². The molecule has 0 saturated carbocycles. The number of rotatable bonds is 5. The van der Waals surface area contributed by atoms with Crippen LogP contribution in [0.1, 0.15) is 22.8 Å². The lowest BCUT2D eigenvalue weighted by Gasteiger charge is -2.10. The van der Waals surface area contributed by atoms with E-state index in [9.17, 15) is 23.3 Å². The maximum Gasteiger partial charge on any atom is 0.271 e. The molecule has 0 aliphatic rings. The molecule has 2 aromatic rings. The highest BCUT2D eigenvalue weighted by Crippen LogP contribution is 2.24. The molecule has 0 fully saturated rings. The summed E-state index contributed by atoms with van der Waals surface area (Å²) < 4.78 is 27.0. The number of benzene rings is 2. The molecular formula is C15H14N2O5S. The number of nitro benzene ring substituents is 1. The van der Waals surface area contributed by atoms with Gasteiger partial charge in [-0.2, -0.15) is 0 Å². The highest BCUT2D eigenvalue weighted by atomic mass is 32.2. The lowest BCUT2D eigenvalue weighted by molar-refractivity contribution is -0.384. The highest BCUT2D eigenvalue weighted by Gasteiger charge is 2.17. The zero-order valence-corrected chi connectivity index (χ0v) is 13.3. The number of hydrogen-bond acceptors (Lipinski definition) is 5. The van der Waals surface area contributed by atoms with Gasteiger partial charge in [-0.15, -0.1) is 0 Å². The Balaban J connectivity index is 2.36. The lowest BCUT2D eigenvalue weighted by Crippen LogP contribution is -2.14. The molecule has 0 heterocycles. The average Bonchev–Trinajstić information content (AvgIpc) is 2.49. The summed E-state index contributed by atoms with van der Waals surface area (Å²) >= 11 is 0. The summed E-state index contributed by atoms with van der Waals surface area (Å²) in [5.41, 5.74) is 0.880. The maximum atomic E-state index is 12.4. The molecule has 0 atom stereocenters. The van der Waals surface area contributed by atoms with Crippen molar-refractivity contribution in [1.82, 2.24) is 0 Å². The number of anilines is 1. The number of nitrogens with one attached hydrogen (secondary N) is 1. The topological polar surface area (TPSA) is 106 Å². The Labute approximate surface area is 133 Å². The molecule has 23 heavy (non-hydrogen) atoms. The summed E-state index contributed by atoms with van der Waals surface area (Å²) in [5, 5.41) is 10.8. The van der Waals surface area contributed by atoms with Gasteiger partial charge in [-0.25, -0.2) is 8.42 Å². The fourth-order valence-corrected chi connectivity index (χ4v) is 3.03. The first-order valence-electron chi connectivity index (χ1n) is 6.59. The normalized spacial score (nSPS) is 11.0. The smallest absolute Gasteiger partial charge is 0.271 e. The van der Waals surface area contributed by atoms with Crippen LogP contribution in [0.3, 0.4) is 0 Å². The van der Waals surface area contributed by atoms with E-state index in [1.807, 2.05) is 0 Å². The Bertz CT molecular complexity index is 873. The van der Waals surface area contributed by atoms with Gasteiger partial charge in [-0.3, -0.25) is 19.6 Å². The van der Waals surface area contributed by atoms with E-state index in [0.717, 1.165) is 6.07 Å². The summed E-state index contributed by atoms with van der Waals surface area (Å²) in [4.78, 5) is 21.4. The van der Waals surface area contributed by atoms with Crippen molar-refractivity contribution < 1.29 is 18.1 Å². The zero-order valence-electron chi connectivity index (χ0n) is 12.4. The largest absolute Gasteiger partial charge is 0.295 e. The molecule has 2 aromatic carbocycles. The first kappa shape index (κ1) is 16.6. The van der Waals surface area contributed by atoms with Crippen LogP contribution >= 0.6 is 0 Å². The number of ketones is 1. The van der Waals surface area contributed by atoms with Crippen LogP contribution in [0.4, 0.5) is 11.4 Å². The van der Waals surface area contributed by atoms with Gasteiger partial charge in [-0.05, 0) is 31.5 Å². The van der Waals surface area contributed by atoms with Gasteiger partial charge in [0.05, 0.1) is 15.5 Å². The van der Waals surface area contributed by atoms with Crippen LogP contribution in [0.5, 0.6) is 0 Å². The maximum absolute atomic E-state index is 12.4. The van der Waals surface area contributed by atoms with Gasteiger partial charge < -0.3 is 0 Å². The summed E-state index contributed by atoms with van der Waals surface area (Å²) in [6.07, 6.45) is 0. The van der Waals surface area contributed by atoms with Crippen LogP contribution < -0.4 is 4.72 Å². The summed E-state index contributed by atoms with van der Waals surface area (Å²) in [6, 6.07) is 9.38. The predicted octanol–water partition coefficient (Wildman–Crippen LogP) is 2.91. The quantitative estimate of drug-likeness (QED) is 0.514. The molecule has 0 aromatic heterocycles. The van der Waals surface area contributed by atoms with Crippen LogP contribution in [-0.2, 0) is 10.0 Å². The van der Waals surface area contributed by atoms with Gasteiger partial charge in [0.15, 0.2) is 5.78 Å². The van der Waals surface area contributed by atoms with Gasteiger partial charge in [0.1, 0.15) is 0 Å². The van der Waals surface area contributed by atoms with Gasteiger partial charge in [0.25, 0.3) is 15.7 Å². The van der Waals surface area contributed by atoms with Crippen molar-refractivity contribution in [3.05, 3.63) is 63.7 Å². The Morgan fingerprint density at radius 3 is 2.26 bits per heavy atom. The van der Waals surface area contributed by atoms with E-state index >= 15 is 0 Å². The van der Waals surface area contributed by atoms with Crippen LogP contribution in [0.2, 0.25) is 0 Å². The van der Waals surface area contributed by atoms with Crippen molar-refractivity contribution >= 4 is 27.2 Å². The van der Waals surface area contributed by atoms with Crippen molar-refractivity contribution in [3.8, 4) is 0 Å². The predicted molar refractivity (Wildman–Crippen MR) is 85.1 cm³/mol. The Morgan fingerprint density at radius 1 is 1.13 bits per heavy atom. The second-order valence-corrected chi connectivity index (χ2v) is 6.62. The summed E-state index contributed by atoms with van der Waals surface area (Å²) in [5.74, 6) is -0.170. The number of carbonyl (C=O) groups excluding carboxylic acids is 1. The van der Waals surface area contributed by atoms with Crippen molar-refractivity contribution in [1.29, 1.82) is 0 Å². The number of Topliss-reactive ketones (excluding diaryl/α,β-unsaturated/α-hetero) is 1. The second-order valence-electron chi connectivity index (χ2n) is 4.94. The van der Waals surface area contributed by atoms with Crippen LogP contribution in [0, 0.1) is 17.0 Å². The fraction of sp³-hybridized carbons (Fsp3) is 0.133. The molecule has 2 rings (SSSR count). The Hall–Kier alpha value is -2.74. The number of nitro groups is 1. The summed E-state index contributed by atoms with van der Waals surface area (Å²) in [6.45, 7) is 3.02. The molecular weight excluding hydrogens is 320 g/mol. The molecule has 0 aliphatic carbocycles. The molecule has 0 amide bonds. The van der Waals surface area contributed by atoms with E-state index in [4.69, 9.17) is 0 Å². The van der Waals surface area contributed by atoms with Crippen molar-refractivity contribution in [3.63, 3.8) is 0 Å². The number of non-ortho nitro benzene ring substituents is 1. The standard InChI is InChI=1S/C15H14N2O5S/c1-10-3-6-13(17(19)20)9-15(10)16-23(21,22)14-7-4-12(5-8-14)11(2)18/h3-9,16H,1-2H3. The molecule has 0 radical (unpaired) electrons. The molecule has 120 valence electrons. The van der Waals surface area contributed by atoms with Gasteiger partial charge in [-0.1, -0.05) is 18.2 Å². The molecule has 0 unspecified atom stereocenters. The third-order valence-electron chi connectivity index (χ3n) is 3.25. The number of sulfonamides is 1. The van der Waals surface area contributed by atoms with E-state index in [0.29, 0.717) is 11.1 Å². The van der Waals surface area contributed by atoms with E-state index in [-0.39, 0.29) is 22.1 Å². The fourth-order valence-electron chi connectivity index (χ4n) is 1.91. The van der Waals surface area contributed by atoms with Gasteiger partial charge >= 0.3 is 0 Å². The molecule has 0 saturated heterocycles. The molecule has 1 N–H and O–H groups in total. The SMILES string of the molecule is CC(=O)c1ccc(S(=O)(=O)Nc2cc([N+](=O)[O-])ccc2C)cc1. The van der Waals surface area contributed by atoms with Crippen molar-refractivity contribution in [2.75, 3.05) is 4.72 Å². The monoisotopic (exact) mass is 334 g/mol. The highest BCUT2D eigenvalue weighted by molar-refractivity contribution is 7.92. The number of nitrogens with zero attached hydrogens (tertiary/aromatic N) is 1. The number of hydrogen-bond donors (Lipinski definition) is 1. The minimum absolute atomic E-state index is 0.0339. The molecule has 0 bridgehead atoms. The van der Waals surface area contributed by atoms with Crippen LogP contribution in [-0.4, -0.2) is 19.1 Å². The van der Waals surface area contributed by atoms with Crippen molar-refractivity contribution in [2.45, 2.75) is 18.7 Å². The first-order valence-corrected chi connectivity index (χ1v) is 8.08.